The molecule has 1 aromatic heterocycles. The maximum Gasteiger partial charge on any atom is 0.110 e. The van der Waals surface area contributed by atoms with E-state index in [1.165, 1.54) is 3.57 Å². The van der Waals surface area contributed by atoms with Gasteiger partial charge in [0.15, 0.2) is 0 Å². The number of hydrogen-bond acceptors (Lipinski definition) is 2. The van der Waals surface area contributed by atoms with Crippen LogP contribution >= 0.6 is 22.6 Å². The van der Waals surface area contributed by atoms with Gasteiger partial charge in [0.1, 0.15) is 5.82 Å². The first-order valence-corrected chi connectivity index (χ1v) is 7.90. The summed E-state index contributed by atoms with van der Waals surface area (Å²) >= 11 is 2.31. The predicted molar refractivity (Wildman–Crippen MR) is 94.8 cm³/mol. The van der Waals surface area contributed by atoms with Crippen molar-refractivity contribution >= 4 is 28.3 Å². The van der Waals surface area contributed by atoms with Crippen molar-refractivity contribution in [3.63, 3.8) is 0 Å². The van der Waals surface area contributed by atoms with E-state index < -0.39 is 0 Å². The quantitative estimate of drug-likeness (QED) is 0.671. The molecule has 3 rings (SSSR count). The zero-order chi connectivity index (χ0) is 14.7. The number of halogens is 1. The number of nitrogens with one attached hydrogen (secondary N) is 1. The van der Waals surface area contributed by atoms with Crippen LogP contribution < -0.4 is 5.32 Å². The van der Waals surface area contributed by atoms with Crippen LogP contribution in [0.4, 0.5) is 5.69 Å². The molecule has 0 unspecified atom stereocenters. The molecule has 21 heavy (non-hydrogen) atoms. The molecule has 0 bridgehead atoms. The smallest absolute Gasteiger partial charge is 0.110 e. The normalized spacial score (nSPS) is 10.6. The van der Waals surface area contributed by atoms with Crippen molar-refractivity contribution in [1.82, 2.24) is 9.55 Å². The molecule has 0 atom stereocenters. The Balaban J connectivity index is 1.82. The van der Waals surface area contributed by atoms with Gasteiger partial charge < -0.3 is 5.32 Å². The van der Waals surface area contributed by atoms with Gasteiger partial charge >= 0.3 is 0 Å². The second-order valence-corrected chi connectivity index (χ2v) is 6.07. The summed E-state index contributed by atoms with van der Waals surface area (Å²) in [7, 11) is 0. The number of nitrogens with zero attached hydrogens (tertiary/aromatic N) is 2. The Hall–Kier alpha value is -1.82. The summed E-state index contributed by atoms with van der Waals surface area (Å²) in [6.07, 6.45) is 1.93. The molecule has 4 heteroatoms. The molecular formula is C17H16IN3. The molecule has 0 amide bonds. The topological polar surface area (TPSA) is 29.9 Å². The Labute approximate surface area is 138 Å². The highest BCUT2D eigenvalue weighted by molar-refractivity contribution is 14.1. The lowest BCUT2D eigenvalue weighted by molar-refractivity contribution is 0.900. The van der Waals surface area contributed by atoms with E-state index in [0.29, 0.717) is 0 Å². The molecule has 3 aromatic rings. The molecule has 106 valence electrons. The molecule has 0 aliphatic rings. The summed E-state index contributed by atoms with van der Waals surface area (Å²) in [6.45, 7) is 2.78. The van der Waals surface area contributed by atoms with Crippen molar-refractivity contribution in [2.45, 2.75) is 13.5 Å². The average Bonchev–Trinajstić information content (AvgIpc) is 2.88. The van der Waals surface area contributed by atoms with E-state index >= 15 is 0 Å². The van der Waals surface area contributed by atoms with Gasteiger partial charge in [-0.05, 0) is 65.9 Å². The Bertz CT molecular complexity index is 718. The van der Waals surface area contributed by atoms with Crippen molar-refractivity contribution in [2.24, 2.45) is 0 Å². The SMILES string of the molecule is Cc1ncc(CNc2ccc(I)cc2)n1-c1ccccc1. The molecule has 0 saturated heterocycles. The third-order valence-corrected chi connectivity index (χ3v) is 4.06. The van der Waals surface area contributed by atoms with Gasteiger partial charge in [0.05, 0.1) is 18.4 Å². The van der Waals surface area contributed by atoms with Gasteiger partial charge in [0.2, 0.25) is 0 Å². The Morgan fingerprint density at radius 3 is 2.48 bits per heavy atom. The lowest BCUT2D eigenvalue weighted by Crippen LogP contribution is -2.07. The van der Waals surface area contributed by atoms with Crippen LogP contribution in [0.1, 0.15) is 11.5 Å². The molecule has 0 aliphatic heterocycles. The third-order valence-electron chi connectivity index (χ3n) is 3.34. The Morgan fingerprint density at radius 2 is 1.76 bits per heavy atom. The highest BCUT2D eigenvalue weighted by Crippen LogP contribution is 2.17. The second-order valence-electron chi connectivity index (χ2n) is 4.83. The maximum absolute atomic E-state index is 4.44. The summed E-state index contributed by atoms with van der Waals surface area (Å²) in [4.78, 5) is 4.44. The van der Waals surface area contributed by atoms with Crippen molar-refractivity contribution in [2.75, 3.05) is 5.32 Å². The van der Waals surface area contributed by atoms with E-state index in [1.807, 2.05) is 31.3 Å². The first-order valence-electron chi connectivity index (χ1n) is 6.82. The van der Waals surface area contributed by atoms with Crippen LogP contribution in [-0.2, 0) is 6.54 Å². The summed E-state index contributed by atoms with van der Waals surface area (Å²) in [5, 5.41) is 3.45. The Kier molecular flexibility index (Phi) is 4.24. The van der Waals surface area contributed by atoms with Crippen LogP contribution in [0.3, 0.4) is 0 Å². The summed E-state index contributed by atoms with van der Waals surface area (Å²) in [6, 6.07) is 18.7. The van der Waals surface area contributed by atoms with Crippen LogP contribution in [-0.4, -0.2) is 9.55 Å². The van der Waals surface area contributed by atoms with E-state index in [-0.39, 0.29) is 0 Å². The fraction of sp³-hybridized carbons (Fsp3) is 0.118. The molecule has 1 N–H and O–H groups in total. The van der Waals surface area contributed by atoms with E-state index in [9.17, 15) is 0 Å². The lowest BCUT2D eigenvalue weighted by atomic mass is 10.3. The number of para-hydroxylation sites is 1. The number of benzene rings is 2. The van der Waals surface area contributed by atoms with E-state index in [1.54, 1.807) is 0 Å². The molecule has 0 fully saturated rings. The van der Waals surface area contributed by atoms with Gasteiger partial charge in [-0.3, -0.25) is 4.57 Å². The van der Waals surface area contributed by atoms with E-state index in [4.69, 9.17) is 0 Å². The summed E-state index contributed by atoms with van der Waals surface area (Å²) in [5.74, 6) is 1.00. The van der Waals surface area contributed by atoms with Crippen LogP contribution in [0, 0.1) is 10.5 Å². The van der Waals surface area contributed by atoms with Crippen molar-refractivity contribution < 1.29 is 0 Å². The molecule has 2 aromatic carbocycles. The van der Waals surface area contributed by atoms with Gasteiger partial charge in [-0.2, -0.15) is 0 Å². The second kappa shape index (κ2) is 6.30. The number of imidazole rings is 1. The molecule has 0 spiro atoms. The van der Waals surface area contributed by atoms with Crippen LogP contribution in [0.5, 0.6) is 0 Å². The highest BCUT2D eigenvalue weighted by Gasteiger charge is 2.08. The van der Waals surface area contributed by atoms with Gasteiger partial charge in [0.25, 0.3) is 0 Å². The molecule has 0 radical (unpaired) electrons. The summed E-state index contributed by atoms with van der Waals surface area (Å²) in [5.41, 5.74) is 3.41. The van der Waals surface area contributed by atoms with Crippen molar-refractivity contribution in [3.8, 4) is 5.69 Å². The largest absolute Gasteiger partial charge is 0.379 e. The zero-order valence-corrected chi connectivity index (χ0v) is 13.9. The number of aromatic nitrogens is 2. The Morgan fingerprint density at radius 1 is 1.05 bits per heavy atom. The van der Waals surface area contributed by atoms with Gasteiger partial charge in [-0.25, -0.2) is 4.98 Å². The molecule has 0 aliphatic carbocycles. The van der Waals surface area contributed by atoms with Crippen molar-refractivity contribution in [1.29, 1.82) is 0 Å². The minimum atomic E-state index is 0.746. The fourth-order valence-electron chi connectivity index (χ4n) is 2.31. The fourth-order valence-corrected chi connectivity index (χ4v) is 2.67. The van der Waals surface area contributed by atoms with Gasteiger partial charge in [-0.15, -0.1) is 0 Å². The highest BCUT2D eigenvalue weighted by atomic mass is 127. The number of aryl methyl sites for hydroxylation is 1. The number of hydrogen-bond donors (Lipinski definition) is 1. The molecule has 3 nitrogen and oxygen atoms in total. The number of anilines is 1. The predicted octanol–water partition coefficient (Wildman–Crippen LogP) is 4.40. The molecule has 1 heterocycles. The minimum absolute atomic E-state index is 0.746. The first-order chi connectivity index (χ1) is 10.2. The average molecular weight is 389 g/mol. The monoisotopic (exact) mass is 389 g/mol. The molecule has 0 saturated carbocycles. The van der Waals surface area contributed by atoms with E-state index in [0.717, 1.165) is 29.4 Å². The first kappa shape index (κ1) is 14.1. The lowest BCUT2D eigenvalue weighted by Gasteiger charge is -2.12. The molecular weight excluding hydrogens is 373 g/mol. The van der Waals surface area contributed by atoms with Crippen LogP contribution in [0.2, 0.25) is 0 Å². The standard InChI is InChI=1S/C17H16IN3/c1-13-19-11-17(21(13)16-5-3-2-4-6-16)12-20-15-9-7-14(18)8-10-15/h2-11,20H,12H2,1H3. The van der Waals surface area contributed by atoms with E-state index in [2.05, 4.69) is 73.9 Å². The van der Waals surface area contributed by atoms with Crippen LogP contribution in [0.25, 0.3) is 5.69 Å². The third kappa shape index (κ3) is 3.26. The zero-order valence-electron chi connectivity index (χ0n) is 11.8. The van der Waals surface area contributed by atoms with Crippen molar-refractivity contribution in [3.05, 3.63) is 75.9 Å². The minimum Gasteiger partial charge on any atom is -0.379 e. The van der Waals surface area contributed by atoms with Gasteiger partial charge in [-0.1, -0.05) is 18.2 Å². The number of rotatable bonds is 4. The van der Waals surface area contributed by atoms with Crippen LogP contribution in [0.15, 0.2) is 60.8 Å². The van der Waals surface area contributed by atoms with Gasteiger partial charge in [0, 0.05) is 14.9 Å². The maximum atomic E-state index is 4.44. The summed E-state index contributed by atoms with van der Waals surface area (Å²) < 4.78 is 3.42.